The lowest BCUT2D eigenvalue weighted by atomic mass is 9.78. The quantitative estimate of drug-likeness (QED) is 0.277. The minimum Gasteiger partial charge on any atom is -0.463 e. The zero-order valence-electron chi connectivity index (χ0n) is 21.8. The van der Waals surface area contributed by atoms with E-state index in [0.29, 0.717) is 28.8 Å². The largest absolute Gasteiger partial charge is 0.463 e. The highest BCUT2D eigenvalue weighted by atomic mass is 79.9. The Labute approximate surface area is 234 Å². The van der Waals surface area contributed by atoms with Crippen molar-refractivity contribution in [3.05, 3.63) is 65.0 Å². The number of carbonyl (C=O) groups is 2. The Hall–Kier alpha value is -3.79. The van der Waals surface area contributed by atoms with E-state index in [9.17, 15) is 9.59 Å². The fourth-order valence-corrected chi connectivity index (χ4v) is 5.84. The van der Waals surface area contributed by atoms with Crippen molar-refractivity contribution >= 4 is 39.3 Å². The molecule has 3 aromatic heterocycles. The lowest BCUT2D eigenvalue weighted by Crippen LogP contribution is -2.37. The van der Waals surface area contributed by atoms with Crippen LogP contribution in [0.4, 0.5) is 5.82 Å². The van der Waals surface area contributed by atoms with Crippen molar-refractivity contribution in [2.45, 2.75) is 51.6 Å². The van der Waals surface area contributed by atoms with Crippen LogP contribution in [-0.4, -0.2) is 44.2 Å². The molecule has 9 nitrogen and oxygen atoms in total. The van der Waals surface area contributed by atoms with Crippen LogP contribution in [-0.2, 0) is 19.1 Å². The predicted octanol–water partition coefficient (Wildman–Crippen LogP) is 5.57. The Bertz CT molecular complexity index is 1480. The zero-order chi connectivity index (χ0) is 27.5. The normalized spacial score (nSPS) is 18.0. The Morgan fingerprint density at radius 3 is 2.46 bits per heavy atom. The molecule has 202 valence electrons. The van der Waals surface area contributed by atoms with Crippen molar-refractivity contribution in [2.24, 2.45) is 5.92 Å². The third-order valence-corrected chi connectivity index (χ3v) is 8.00. The first-order valence-corrected chi connectivity index (χ1v) is 13.8. The van der Waals surface area contributed by atoms with Crippen LogP contribution in [0.3, 0.4) is 0 Å². The van der Waals surface area contributed by atoms with Crippen molar-refractivity contribution in [3.63, 3.8) is 0 Å². The molecule has 1 atom stereocenters. The summed E-state index contributed by atoms with van der Waals surface area (Å²) in [5.41, 5.74) is 11.7. The van der Waals surface area contributed by atoms with E-state index in [1.807, 2.05) is 48.7 Å². The lowest BCUT2D eigenvalue weighted by molar-refractivity contribution is -0.171. The SMILES string of the molecule is CCOC(=O)C(OC(C)=O)[C@H]1CC[C@@H](c2nc3c(-c4ccc(-c5ccccc5)nc4)cnn3c(N)c2Br)CC1. The third-order valence-electron chi connectivity index (χ3n) is 7.19. The summed E-state index contributed by atoms with van der Waals surface area (Å²) in [6.45, 7) is 3.28. The number of rotatable bonds is 7. The van der Waals surface area contributed by atoms with Gasteiger partial charge in [-0.3, -0.25) is 9.78 Å². The number of benzene rings is 1. The molecule has 0 bridgehead atoms. The number of pyridine rings is 1. The zero-order valence-corrected chi connectivity index (χ0v) is 23.4. The summed E-state index contributed by atoms with van der Waals surface area (Å²) in [6, 6.07) is 14.0. The maximum Gasteiger partial charge on any atom is 0.347 e. The van der Waals surface area contributed by atoms with Gasteiger partial charge in [0, 0.05) is 41.6 Å². The smallest absolute Gasteiger partial charge is 0.347 e. The summed E-state index contributed by atoms with van der Waals surface area (Å²) in [4.78, 5) is 33.8. The monoisotopic (exact) mass is 591 g/mol. The van der Waals surface area contributed by atoms with E-state index >= 15 is 0 Å². The van der Waals surface area contributed by atoms with Gasteiger partial charge < -0.3 is 15.2 Å². The summed E-state index contributed by atoms with van der Waals surface area (Å²) < 4.78 is 12.9. The van der Waals surface area contributed by atoms with E-state index < -0.39 is 18.0 Å². The number of esters is 2. The summed E-state index contributed by atoms with van der Waals surface area (Å²) in [5.74, 6) is -0.496. The van der Waals surface area contributed by atoms with Crippen LogP contribution in [0, 0.1) is 5.92 Å². The molecule has 5 rings (SSSR count). The second kappa shape index (κ2) is 11.5. The summed E-state index contributed by atoms with van der Waals surface area (Å²) in [6.07, 6.45) is 5.61. The van der Waals surface area contributed by atoms with Gasteiger partial charge in [-0.05, 0) is 54.6 Å². The van der Waals surface area contributed by atoms with Crippen molar-refractivity contribution in [1.29, 1.82) is 0 Å². The fraction of sp³-hybridized carbons (Fsp3) is 0.345. The van der Waals surface area contributed by atoms with Crippen LogP contribution in [0.15, 0.2) is 59.3 Å². The van der Waals surface area contributed by atoms with Crippen molar-refractivity contribution in [2.75, 3.05) is 12.3 Å². The van der Waals surface area contributed by atoms with Crippen LogP contribution in [0.25, 0.3) is 28.0 Å². The number of ether oxygens (including phenoxy) is 2. The molecule has 1 fully saturated rings. The van der Waals surface area contributed by atoms with Crippen LogP contribution >= 0.6 is 15.9 Å². The molecule has 39 heavy (non-hydrogen) atoms. The van der Waals surface area contributed by atoms with E-state index in [0.717, 1.165) is 40.9 Å². The molecule has 2 N–H and O–H groups in total. The number of nitrogens with zero attached hydrogens (tertiary/aromatic N) is 4. The maximum atomic E-state index is 12.5. The number of aromatic nitrogens is 4. The third kappa shape index (κ3) is 5.52. The highest BCUT2D eigenvalue weighted by Crippen LogP contribution is 2.42. The molecule has 1 saturated carbocycles. The van der Waals surface area contributed by atoms with Gasteiger partial charge in [0.2, 0.25) is 6.10 Å². The maximum absolute atomic E-state index is 12.5. The molecular weight excluding hydrogens is 562 g/mol. The van der Waals surface area contributed by atoms with Crippen molar-refractivity contribution < 1.29 is 19.1 Å². The summed E-state index contributed by atoms with van der Waals surface area (Å²) >= 11 is 3.65. The van der Waals surface area contributed by atoms with Crippen LogP contribution < -0.4 is 5.73 Å². The molecule has 1 aromatic carbocycles. The minimum absolute atomic E-state index is 0.108. The van der Waals surface area contributed by atoms with E-state index in [1.165, 1.54) is 6.92 Å². The van der Waals surface area contributed by atoms with Crippen LogP contribution in [0.1, 0.15) is 51.1 Å². The molecule has 0 radical (unpaired) electrons. The minimum atomic E-state index is -0.889. The van der Waals surface area contributed by atoms with Crippen molar-refractivity contribution in [1.82, 2.24) is 19.6 Å². The van der Waals surface area contributed by atoms with Gasteiger partial charge in [-0.15, -0.1) is 0 Å². The van der Waals surface area contributed by atoms with Gasteiger partial charge in [-0.2, -0.15) is 9.61 Å². The van der Waals surface area contributed by atoms with Gasteiger partial charge in [0.25, 0.3) is 0 Å². The number of nitrogens with two attached hydrogens (primary N) is 1. The van der Waals surface area contributed by atoms with E-state index in [4.69, 9.17) is 20.2 Å². The Balaban J connectivity index is 1.40. The average Bonchev–Trinajstić information content (AvgIpc) is 3.38. The number of carbonyl (C=O) groups excluding carboxylic acids is 2. The van der Waals surface area contributed by atoms with Gasteiger partial charge in [-0.25, -0.2) is 9.78 Å². The Morgan fingerprint density at radius 1 is 1.08 bits per heavy atom. The number of hydrogen-bond donors (Lipinski definition) is 1. The van der Waals surface area contributed by atoms with Crippen LogP contribution in [0.2, 0.25) is 0 Å². The molecule has 0 saturated heterocycles. The number of hydrogen-bond acceptors (Lipinski definition) is 8. The topological polar surface area (TPSA) is 122 Å². The first-order chi connectivity index (χ1) is 18.9. The molecule has 1 aliphatic carbocycles. The van der Waals surface area contributed by atoms with Gasteiger partial charge in [-0.1, -0.05) is 36.4 Å². The first kappa shape index (κ1) is 26.8. The first-order valence-electron chi connectivity index (χ1n) is 13.1. The van der Waals surface area contributed by atoms with Gasteiger partial charge >= 0.3 is 11.9 Å². The van der Waals surface area contributed by atoms with Crippen molar-refractivity contribution in [3.8, 4) is 22.4 Å². The number of fused-ring (bicyclic) bond motifs is 1. The summed E-state index contributed by atoms with van der Waals surface area (Å²) in [5, 5.41) is 4.49. The van der Waals surface area contributed by atoms with E-state index in [2.05, 4.69) is 26.0 Å². The molecule has 4 aromatic rings. The summed E-state index contributed by atoms with van der Waals surface area (Å²) in [7, 11) is 0. The second-order valence-corrected chi connectivity index (χ2v) is 10.5. The predicted molar refractivity (Wildman–Crippen MR) is 151 cm³/mol. The fourth-order valence-electron chi connectivity index (χ4n) is 5.26. The van der Waals surface area contributed by atoms with Gasteiger partial charge in [0.05, 0.1) is 28.7 Å². The molecular formula is C29H30BrN5O4. The Morgan fingerprint density at radius 2 is 1.82 bits per heavy atom. The number of anilines is 1. The molecule has 10 heteroatoms. The van der Waals surface area contributed by atoms with Gasteiger partial charge in [0.1, 0.15) is 5.82 Å². The molecule has 1 unspecified atom stereocenters. The molecule has 0 spiro atoms. The van der Waals surface area contributed by atoms with E-state index in [1.54, 1.807) is 17.6 Å². The van der Waals surface area contributed by atoms with E-state index in [-0.39, 0.29) is 18.4 Å². The average molecular weight is 592 g/mol. The highest BCUT2D eigenvalue weighted by Gasteiger charge is 2.37. The lowest BCUT2D eigenvalue weighted by Gasteiger charge is -2.32. The molecule has 3 heterocycles. The number of nitrogen functional groups attached to an aromatic ring is 1. The standard InChI is InChI=1S/C29H30BrN5O4/c1-3-38-29(37)26(39-17(2)36)20-11-9-19(10-12-20)25-24(30)27(31)35-28(34-25)22(16-33-35)21-13-14-23(32-15-21)18-7-5-4-6-8-18/h4-8,13-16,19-20,26H,3,9-12,31H2,1-2H3/t19-,20+,26?. The Kier molecular flexibility index (Phi) is 7.92. The number of halogens is 1. The van der Waals surface area contributed by atoms with Crippen LogP contribution in [0.5, 0.6) is 0 Å². The molecule has 1 aliphatic rings. The molecule has 0 aliphatic heterocycles. The molecule has 0 amide bonds. The van der Waals surface area contributed by atoms with Gasteiger partial charge in [0.15, 0.2) is 5.65 Å². The highest BCUT2D eigenvalue weighted by molar-refractivity contribution is 9.10. The second-order valence-electron chi connectivity index (χ2n) is 9.68.